The Bertz CT molecular complexity index is 535. The molecule has 1 aliphatic carbocycles. The van der Waals surface area contributed by atoms with Crippen LogP contribution in [0.1, 0.15) is 25.7 Å². The Morgan fingerprint density at radius 2 is 1.68 bits per heavy atom. The van der Waals surface area contributed by atoms with Gasteiger partial charge in [-0.05, 0) is 37.1 Å². The molecule has 1 aromatic rings. The van der Waals surface area contributed by atoms with Gasteiger partial charge in [0.15, 0.2) is 0 Å². The fourth-order valence-electron chi connectivity index (χ4n) is 3.17. The molecule has 1 saturated heterocycles. The topological polar surface area (TPSA) is 40.6 Å². The molecule has 2 aliphatic rings. The van der Waals surface area contributed by atoms with Crippen molar-refractivity contribution in [3.63, 3.8) is 0 Å². The van der Waals surface area contributed by atoms with Crippen LogP contribution in [0.3, 0.4) is 0 Å². The molecule has 1 heterocycles. The van der Waals surface area contributed by atoms with Crippen molar-refractivity contribution >= 4 is 33.6 Å². The van der Waals surface area contributed by atoms with Crippen LogP contribution in [0.2, 0.25) is 0 Å². The molecule has 4 nitrogen and oxygen atoms in total. The fourth-order valence-corrected chi connectivity index (χ4v) is 3.44. The van der Waals surface area contributed by atoms with E-state index in [0.717, 1.165) is 35.8 Å². The molecule has 0 atom stereocenters. The molecule has 3 rings (SSSR count). The van der Waals surface area contributed by atoms with Crippen molar-refractivity contribution in [2.45, 2.75) is 31.2 Å². The van der Waals surface area contributed by atoms with Crippen molar-refractivity contribution in [3.05, 3.63) is 28.7 Å². The highest BCUT2D eigenvalue weighted by Gasteiger charge is 2.57. The lowest BCUT2D eigenvalue weighted by Gasteiger charge is -2.31. The Morgan fingerprint density at radius 3 is 2.26 bits per heavy atom. The van der Waals surface area contributed by atoms with Crippen molar-refractivity contribution in [1.29, 1.82) is 0 Å². The predicted octanol–water partition coefficient (Wildman–Crippen LogP) is 3.16. The van der Waals surface area contributed by atoms with E-state index >= 15 is 0 Å². The maximum atomic E-state index is 12.4. The molecular weight excluding hydrogens is 308 g/mol. The number of halogens is 1. The van der Waals surface area contributed by atoms with Crippen molar-refractivity contribution < 1.29 is 9.59 Å². The zero-order valence-electron chi connectivity index (χ0n) is 10.7. The third-order valence-corrected chi connectivity index (χ3v) is 4.65. The minimum Gasteiger partial charge on any atom is -0.279 e. The number of imide groups is 1. The van der Waals surface area contributed by atoms with Crippen LogP contribution in [0, 0.1) is 0 Å². The second-order valence-electron chi connectivity index (χ2n) is 5.20. The molecule has 2 fully saturated rings. The summed E-state index contributed by atoms with van der Waals surface area (Å²) in [6, 6.07) is 7.35. The fraction of sp³-hybridized carbons (Fsp3) is 0.429. The van der Waals surface area contributed by atoms with E-state index in [-0.39, 0.29) is 11.9 Å². The summed E-state index contributed by atoms with van der Waals surface area (Å²) >= 11 is 3.39. The van der Waals surface area contributed by atoms with Gasteiger partial charge in [-0.3, -0.25) is 14.6 Å². The van der Waals surface area contributed by atoms with Crippen LogP contribution >= 0.6 is 15.9 Å². The van der Waals surface area contributed by atoms with Crippen molar-refractivity contribution in [3.8, 4) is 0 Å². The number of benzene rings is 1. The summed E-state index contributed by atoms with van der Waals surface area (Å²) in [6.45, 7) is 0. The van der Waals surface area contributed by atoms with Crippen LogP contribution in [0.25, 0.3) is 0 Å². The largest absolute Gasteiger partial charge is 0.331 e. The third-order valence-electron chi connectivity index (χ3n) is 4.12. The van der Waals surface area contributed by atoms with Gasteiger partial charge in [0.2, 0.25) is 0 Å². The van der Waals surface area contributed by atoms with Gasteiger partial charge in [-0.15, -0.1) is 0 Å². The quantitative estimate of drug-likeness (QED) is 0.745. The molecule has 0 unspecified atom stereocenters. The number of amides is 3. The van der Waals surface area contributed by atoms with Gasteiger partial charge in [0.1, 0.15) is 5.54 Å². The molecular formula is C14H15BrN2O2. The number of hydrogen-bond acceptors (Lipinski definition) is 2. The molecule has 100 valence electrons. The summed E-state index contributed by atoms with van der Waals surface area (Å²) in [6.07, 6.45) is 3.52. The van der Waals surface area contributed by atoms with E-state index < -0.39 is 5.54 Å². The SMILES string of the molecule is CN1C(=O)N(c2ccc(Br)cc2)C2(CCCC2)C1=O. The summed E-state index contributed by atoms with van der Waals surface area (Å²) in [5.74, 6) is -0.0575. The number of anilines is 1. The first-order valence-corrected chi connectivity index (χ1v) is 7.23. The van der Waals surface area contributed by atoms with Gasteiger partial charge in [-0.1, -0.05) is 28.8 Å². The van der Waals surface area contributed by atoms with E-state index in [1.165, 1.54) is 4.90 Å². The van der Waals surface area contributed by atoms with Crippen LogP contribution in [0.15, 0.2) is 28.7 Å². The van der Waals surface area contributed by atoms with E-state index in [1.54, 1.807) is 11.9 Å². The van der Waals surface area contributed by atoms with Crippen molar-refractivity contribution in [2.75, 3.05) is 11.9 Å². The first-order valence-electron chi connectivity index (χ1n) is 6.44. The minimum atomic E-state index is -0.639. The highest BCUT2D eigenvalue weighted by molar-refractivity contribution is 9.10. The zero-order valence-corrected chi connectivity index (χ0v) is 12.3. The van der Waals surface area contributed by atoms with Gasteiger partial charge >= 0.3 is 6.03 Å². The Kier molecular flexibility index (Phi) is 2.89. The molecule has 1 aliphatic heterocycles. The smallest absolute Gasteiger partial charge is 0.279 e. The number of nitrogens with zero attached hydrogens (tertiary/aromatic N) is 2. The summed E-state index contributed by atoms with van der Waals surface area (Å²) in [5.41, 5.74) is 0.160. The molecule has 1 saturated carbocycles. The Hall–Kier alpha value is -1.36. The molecule has 0 radical (unpaired) electrons. The predicted molar refractivity (Wildman–Crippen MR) is 76.0 cm³/mol. The number of carbonyl (C=O) groups is 2. The average Bonchev–Trinajstić information content (AvgIpc) is 2.95. The highest BCUT2D eigenvalue weighted by atomic mass is 79.9. The second kappa shape index (κ2) is 4.34. The van der Waals surface area contributed by atoms with Gasteiger partial charge in [-0.25, -0.2) is 4.79 Å². The lowest BCUT2D eigenvalue weighted by Crippen LogP contribution is -2.47. The Morgan fingerprint density at radius 1 is 1.11 bits per heavy atom. The van der Waals surface area contributed by atoms with Gasteiger partial charge in [0.05, 0.1) is 0 Å². The van der Waals surface area contributed by atoms with E-state index in [4.69, 9.17) is 0 Å². The number of urea groups is 1. The van der Waals surface area contributed by atoms with Gasteiger partial charge in [-0.2, -0.15) is 0 Å². The lowest BCUT2D eigenvalue weighted by molar-refractivity contribution is -0.129. The number of hydrogen-bond donors (Lipinski definition) is 0. The number of carbonyl (C=O) groups excluding carboxylic acids is 2. The first kappa shape index (κ1) is 12.7. The molecule has 5 heteroatoms. The molecule has 0 aromatic heterocycles. The standard InChI is InChI=1S/C14H15BrN2O2/c1-16-12(18)14(8-2-3-9-14)17(13(16)19)11-6-4-10(15)5-7-11/h4-7H,2-3,8-9H2,1H3. The minimum absolute atomic E-state index is 0.0575. The van der Waals surface area contributed by atoms with E-state index in [9.17, 15) is 9.59 Å². The van der Waals surface area contributed by atoms with Crippen LogP contribution in [-0.2, 0) is 4.79 Å². The molecule has 0 N–H and O–H groups in total. The zero-order chi connectivity index (χ0) is 13.6. The van der Waals surface area contributed by atoms with E-state index in [1.807, 2.05) is 24.3 Å². The normalized spacial score (nSPS) is 21.8. The summed E-state index contributed by atoms with van der Waals surface area (Å²) in [7, 11) is 1.57. The van der Waals surface area contributed by atoms with Crippen molar-refractivity contribution in [1.82, 2.24) is 4.90 Å². The molecule has 0 bridgehead atoms. The van der Waals surface area contributed by atoms with Crippen LogP contribution in [-0.4, -0.2) is 29.4 Å². The lowest BCUT2D eigenvalue weighted by atomic mass is 9.95. The maximum absolute atomic E-state index is 12.4. The van der Waals surface area contributed by atoms with Gasteiger partial charge in [0.25, 0.3) is 5.91 Å². The highest BCUT2D eigenvalue weighted by Crippen LogP contribution is 2.43. The monoisotopic (exact) mass is 322 g/mol. The van der Waals surface area contributed by atoms with Crippen molar-refractivity contribution in [2.24, 2.45) is 0 Å². The average molecular weight is 323 g/mol. The second-order valence-corrected chi connectivity index (χ2v) is 6.11. The molecule has 19 heavy (non-hydrogen) atoms. The van der Waals surface area contributed by atoms with Crippen LogP contribution in [0.5, 0.6) is 0 Å². The van der Waals surface area contributed by atoms with Crippen LogP contribution < -0.4 is 4.90 Å². The van der Waals surface area contributed by atoms with Crippen LogP contribution in [0.4, 0.5) is 10.5 Å². The summed E-state index contributed by atoms with van der Waals surface area (Å²) in [4.78, 5) is 27.8. The Balaban J connectivity index is 2.09. The summed E-state index contributed by atoms with van der Waals surface area (Å²) < 4.78 is 0.961. The molecule has 3 amide bonds. The Labute approximate surface area is 120 Å². The van der Waals surface area contributed by atoms with Gasteiger partial charge in [0, 0.05) is 17.2 Å². The summed E-state index contributed by atoms with van der Waals surface area (Å²) in [5, 5.41) is 0. The maximum Gasteiger partial charge on any atom is 0.331 e. The van der Waals surface area contributed by atoms with E-state index in [0.29, 0.717) is 0 Å². The van der Waals surface area contributed by atoms with Gasteiger partial charge < -0.3 is 0 Å². The molecule has 1 aromatic carbocycles. The molecule has 1 spiro atoms. The van der Waals surface area contributed by atoms with E-state index in [2.05, 4.69) is 15.9 Å². The third kappa shape index (κ3) is 1.71. The first-order chi connectivity index (χ1) is 9.06. The number of likely N-dealkylation sites (N-methyl/N-ethyl adjacent to an activating group) is 1. The number of rotatable bonds is 1.